The molecule has 2 unspecified atom stereocenters. The van der Waals surface area contributed by atoms with Crippen molar-refractivity contribution < 1.29 is 14.3 Å². The Morgan fingerprint density at radius 3 is 2.43 bits per heavy atom. The van der Waals surface area contributed by atoms with E-state index in [0.717, 1.165) is 24.0 Å². The molecular formula is C23H27NO3S. The van der Waals surface area contributed by atoms with Crippen LogP contribution in [-0.4, -0.2) is 35.2 Å². The average molecular weight is 398 g/mol. The molecule has 1 aliphatic rings. The first-order chi connectivity index (χ1) is 13.7. The Morgan fingerprint density at radius 1 is 1.07 bits per heavy atom. The van der Waals surface area contributed by atoms with E-state index in [1.807, 2.05) is 60.7 Å². The van der Waals surface area contributed by atoms with Crippen molar-refractivity contribution >= 4 is 23.6 Å². The molecule has 0 bridgehead atoms. The van der Waals surface area contributed by atoms with E-state index in [9.17, 15) is 9.59 Å². The van der Waals surface area contributed by atoms with Crippen LogP contribution in [0.25, 0.3) is 0 Å². The lowest BCUT2D eigenvalue weighted by Gasteiger charge is -2.28. The van der Waals surface area contributed by atoms with Crippen molar-refractivity contribution in [2.24, 2.45) is 0 Å². The predicted molar refractivity (Wildman–Crippen MR) is 113 cm³/mol. The van der Waals surface area contributed by atoms with Crippen molar-refractivity contribution in [2.75, 3.05) is 12.4 Å². The van der Waals surface area contributed by atoms with E-state index in [1.54, 1.807) is 16.7 Å². The van der Waals surface area contributed by atoms with Crippen LogP contribution >= 0.6 is 11.8 Å². The lowest BCUT2D eigenvalue weighted by atomic mass is 10.1. The third-order valence-electron chi connectivity index (χ3n) is 4.86. The highest BCUT2D eigenvalue weighted by Gasteiger charge is 2.42. The van der Waals surface area contributed by atoms with Gasteiger partial charge in [0.15, 0.2) is 0 Å². The van der Waals surface area contributed by atoms with E-state index in [4.69, 9.17) is 4.74 Å². The molecule has 0 aliphatic carbocycles. The zero-order valence-electron chi connectivity index (χ0n) is 16.3. The summed E-state index contributed by atoms with van der Waals surface area (Å²) in [5.74, 6) is 0.286. The summed E-state index contributed by atoms with van der Waals surface area (Å²) in [5, 5.41) is -0.145. The summed E-state index contributed by atoms with van der Waals surface area (Å²) in [7, 11) is 0. The summed E-state index contributed by atoms with van der Waals surface area (Å²) in [6.45, 7) is 2.47. The average Bonchev–Trinajstić information content (AvgIpc) is 3.19. The quantitative estimate of drug-likeness (QED) is 0.482. The van der Waals surface area contributed by atoms with Crippen molar-refractivity contribution in [1.82, 2.24) is 4.90 Å². The van der Waals surface area contributed by atoms with E-state index in [2.05, 4.69) is 6.92 Å². The van der Waals surface area contributed by atoms with Gasteiger partial charge in [-0.05, 0) is 24.0 Å². The number of unbranched alkanes of at least 4 members (excludes halogenated alkanes) is 1. The van der Waals surface area contributed by atoms with Crippen molar-refractivity contribution in [2.45, 2.75) is 44.0 Å². The number of nitrogens with zero attached hydrogens (tertiary/aromatic N) is 1. The topological polar surface area (TPSA) is 46.6 Å². The third kappa shape index (κ3) is 5.16. The molecule has 2 aromatic carbocycles. The molecule has 1 saturated heterocycles. The van der Waals surface area contributed by atoms with Gasteiger partial charge in [0.2, 0.25) is 5.91 Å². The fourth-order valence-corrected chi connectivity index (χ4v) is 4.74. The van der Waals surface area contributed by atoms with Gasteiger partial charge in [0.05, 0.1) is 6.61 Å². The first-order valence-corrected chi connectivity index (χ1v) is 10.9. The van der Waals surface area contributed by atoms with Crippen LogP contribution in [0.2, 0.25) is 0 Å². The van der Waals surface area contributed by atoms with Crippen LogP contribution in [0.1, 0.15) is 42.7 Å². The number of rotatable bonds is 8. The van der Waals surface area contributed by atoms with Crippen LogP contribution in [0.5, 0.6) is 0 Å². The Kier molecular flexibility index (Phi) is 7.54. The van der Waals surface area contributed by atoms with Crippen molar-refractivity contribution in [3.8, 4) is 0 Å². The molecule has 1 aliphatic heterocycles. The molecule has 1 fully saturated rings. The molecule has 148 valence electrons. The zero-order chi connectivity index (χ0) is 19.8. The normalized spacial score (nSPS) is 18.8. The summed E-state index contributed by atoms with van der Waals surface area (Å²) in [5.41, 5.74) is 2.17. The maximum absolute atomic E-state index is 13.2. The summed E-state index contributed by atoms with van der Waals surface area (Å²) in [4.78, 5) is 27.6. The molecule has 5 heteroatoms. The van der Waals surface area contributed by atoms with Gasteiger partial charge in [0, 0.05) is 12.2 Å². The summed E-state index contributed by atoms with van der Waals surface area (Å²) < 4.78 is 5.45. The van der Waals surface area contributed by atoms with Crippen LogP contribution in [0.15, 0.2) is 60.7 Å². The zero-order valence-corrected chi connectivity index (χ0v) is 17.1. The number of thioether (sulfide) groups is 1. The molecule has 0 aromatic heterocycles. The molecule has 0 spiro atoms. The standard InChI is InChI=1S/C23H27NO3S/c1-2-3-16-27-23(26)20-17-28-22(19-12-8-5-9-13-19)24(20)21(25)15-14-18-10-6-4-7-11-18/h4-13,20,22H,2-3,14-17H2,1H3. The van der Waals surface area contributed by atoms with E-state index in [0.29, 0.717) is 25.2 Å². The number of aryl methyl sites for hydroxylation is 1. The smallest absolute Gasteiger partial charge is 0.329 e. The van der Waals surface area contributed by atoms with Crippen LogP contribution < -0.4 is 0 Å². The molecule has 2 aromatic rings. The van der Waals surface area contributed by atoms with E-state index >= 15 is 0 Å². The number of ether oxygens (including phenoxy) is 1. The first-order valence-electron chi connectivity index (χ1n) is 9.89. The van der Waals surface area contributed by atoms with E-state index in [-0.39, 0.29) is 17.3 Å². The molecule has 2 atom stereocenters. The Bertz CT molecular complexity index is 766. The van der Waals surface area contributed by atoms with E-state index in [1.165, 1.54) is 0 Å². The Hall–Kier alpha value is -2.27. The second-order valence-electron chi connectivity index (χ2n) is 6.92. The third-order valence-corrected chi connectivity index (χ3v) is 6.18. The van der Waals surface area contributed by atoms with Crippen molar-refractivity contribution in [3.05, 3.63) is 71.8 Å². The Morgan fingerprint density at radius 2 is 1.75 bits per heavy atom. The highest BCUT2D eigenvalue weighted by atomic mass is 32.2. The minimum Gasteiger partial charge on any atom is -0.464 e. The fourth-order valence-electron chi connectivity index (χ4n) is 3.31. The second kappa shape index (κ2) is 10.3. The number of carbonyl (C=O) groups is 2. The lowest BCUT2D eigenvalue weighted by molar-refractivity contribution is -0.154. The maximum atomic E-state index is 13.2. The van der Waals surface area contributed by atoms with Gasteiger partial charge >= 0.3 is 5.97 Å². The molecular weight excluding hydrogens is 370 g/mol. The van der Waals surface area contributed by atoms with Crippen LogP contribution in [0, 0.1) is 0 Å². The molecule has 0 radical (unpaired) electrons. The first kappa shape index (κ1) is 20.5. The molecule has 3 rings (SSSR count). The van der Waals surface area contributed by atoms with Gasteiger partial charge in [-0.1, -0.05) is 74.0 Å². The van der Waals surface area contributed by atoms with E-state index < -0.39 is 6.04 Å². The SMILES string of the molecule is CCCCOC(=O)C1CSC(c2ccccc2)N1C(=O)CCc1ccccc1. The van der Waals surface area contributed by atoms with Gasteiger partial charge in [-0.2, -0.15) is 0 Å². The van der Waals surface area contributed by atoms with Gasteiger partial charge in [-0.15, -0.1) is 11.8 Å². The molecule has 0 N–H and O–H groups in total. The number of carbonyl (C=O) groups excluding carboxylic acids is 2. The van der Waals surface area contributed by atoms with Gasteiger partial charge in [0.1, 0.15) is 11.4 Å². The Labute approximate surface area is 171 Å². The molecule has 1 heterocycles. The number of esters is 1. The minimum atomic E-state index is -0.518. The number of amides is 1. The fraction of sp³-hybridized carbons (Fsp3) is 0.391. The largest absolute Gasteiger partial charge is 0.464 e. The molecule has 1 amide bonds. The predicted octanol–water partition coefficient (Wildman–Crippen LogP) is 4.61. The van der Waals surface area contributed by atoms with Gasteiger partial charge in [0.25, 0.3) is 0 Å². The molecule has 28 heavy (non-hydrogen) atoms. The van der Waals surface area contributed by atoms with Crippen LogP contribution in [0.4, 0.5) is 0 Å². The minimum absolute atomic E-state index is 0.000137. The van der Waals surface area contributed by atoms with Crippen LogP contribution in [-0.2, 0) is 20.7 Å². The molecule has 4 nitrogen and oxygen atoms in total. The highest BCUT2D eigenvalue weighted by Crippen LogP contribution is 2.42. The number of hydrogen-bond donors (Lipinski definition) is 0. The number of benzene rings is 2. The Balaban J connectivity index is 1.74. The van der Waals surface area contributed by atoms with Crippen molar-refractivity contribution in [1.29, 1.82) is 0 Å². The van der Waals surface area contributed by atoms with Crippen LogP contribution in [0.3, 0.4) is 0 Å². The van der Waals surface area contributed by atoms with Gasteiger partial charge in [-0.3, -0.25) is 4.79 Å². The highest BCUT2D eigenvalue weighted by molar-refractivity contribution is 7.99. The lowest BCUT2D eigenvalue weighted by Crippen LogP contribution is -2.44. The van der Waals surface area contributed by atoms with Gasteiger partial charge in [-0.25, -0.2) is 4.79 Å². The summed E-state index contributed by atoms with van der Waals surface area (Å²) in [6, 6.07) is 19.4. The maximum Gasteiger partial charge on any atom is 0.329 e. The summed E-state index contributed by atoms with van der Waals surface area (Å²) >= 11 is 1.63. The van der Waals surface area contributed by atoms with Gasteiger partial charge < -0.3 is 9.64 Å². The second-order valence-corrected chi connectivity index (χ2v) is 8.03. The summed E-state index contributed by atoms with van der Waals surface area (Å²) in [6.07, 6.45) is 2.86. The molecule has 0 saturated carbocycles. The monoisotopic (exact) mass is 397 g/mol. The number of hydrogen-bond acceptors (Lipinski definition) is 4. The van der Waals surface area contributed by atoms with Crippen molar-refractivity contribution in [3.63, 3.8) is 0 Å².